The lowest BCUT2D eigenvalue weighted by Crippen LogP contribution is -2.25. The summed E-state index contributed by atoms with van der Waals surface area (Å²) in [6, 6.07) is 14.4. The quantitative estimate of drug-likeness (QED) is 0.175. The minimum atomic E-state index is -0.406. The molecule has 0 amide bonds. The van der Waals surface area contributed by atoms with Gasteiger partial charge in [-0.1, -0.05) is 84.9 Å². The Morgan fingerprint density at radius 2 is 1.13 bits per heavy atom. The van der Waals surface area contributed by atoms with Crippen LogP contribution in [0.25, 0.3) is 21.5 Å². The van der Waals surface area contributed by atoms with Crippen LogP contribution < -0.4 is 9.47 Å². The van der Waals surface area contributed by atoms with E-state index in [1.165, 1.54) is 5.56 Å². The predicted molar refractivity (Wildman–Crippen MR) is 157 cm³/mol. The molecule has 0 fully saturated rings. The van der Waals surface area contributed by atoms with Crippen molar-refractivity contribution in [2.75, 3.05) is 13.2 Å². The summed E-state index contributed by atoms with van der Waals surface area (Å²) in [7, 11) is 0. The summed E-state index contributed by atoms with van der Waals surface area (Å²) in [5, 5.41) is 3.64. The molecule has 0 saturated carbocycles. The summed E-state index contributed by atoms with van der Waals surface area (Å²) in [5.74, 6) is 0.556. The molecule has 0 aromatic heterocycles. The lowest BCUT2D eigenvalue weighted by molar-refractivity contribution is -0.154. The number of carbonyl (C=O) groups excluding carboxylic acids is 2. The maximum atomic E-state index is 12.1. The Bertz CT molecular complexity index is 1310. The number of ether oxygens (including phenoxy) is 4. The van der Waals surface area contributed by atoms with E-state index in [0.717, 1.165) is 39.5 Å². The van der Waals surface area contributed by atoms with Crippen molar-refractivity contribution in [3.8, 4) is 11.5 Å². The van der Waals surface area contributed by atoms with Gasteiger partial charge in [0.2, 0.25) is 0 Å². The second-order valence-corrected chi connectivity index (χ2v) is 11.6. The molecule has 0 N–H and O–H groups in total. The first-order chi connectivity index (χ1) is 18.4. The summed E-state index contributed by atoms with van der Waals surface area (Å²) in [5.41, 5.74) is 1.17. The number of rotatable bonds is 12. The molecule has 0 radical (unpaired) electrons. The number of hydrogen-bond acceptors (Lipinski definition) is 6. The summed E-state index contributed by atoms with van der Waals surface area (Å²) in [6.45, 7) is 18.0. The highest BCUT2D eigenvalue weighted by Crippen LogP contribution is 2.44. The largest absolute Gasteiger partial charge is 0.488 e. The van der Waals surface area contributed by atoms with Gasteiger partial charge in [0.15, 0.2) is 0 Å². The lowest BCUT2D eigenvalue weighted by Gasteiger charge is -2.26. The van der Waals surface area contributed by atoms with E-state index >= 15 is 0 Å². The van der Waals surface area contributed by atoms with Crippen molar-refractivity contribution >= 4 is 33.5 Å². The predicted octanol–water partition coefficient (Wildman–Crippen LogP) is 7.61. The lowest BCUT2D eigenvalue weighted by atomic mass is 9.81. The Labute approximate surface area is 233 Å². The number of hydrogen-bond donors (Lipinski definition) is 0. The van der Waals surface area contributed by atoms with Crippen molar-refractivity contribution in [1.82, 2.24) is 0 Å². The first-order valence-corrected chi connectivity index (χ1v) is 14.0. The number of fused-ring (bicyclic) bond motifs is 2. The van der Waals surface area contributed by atoms with Crippen LogP contribution in [0.15, 0.2) is 42.5 Å². The van der Waals surface area contributed by atoms with Crippen molar-refractivity contribution in [2.24, 2.45) is 11.8 Å². The van der Waals surface area contributed by atoms with Crippen LogP contribution in [0.3, 0.4) is 0 Å². The van der Waals surface area contributed by atoms with Gasteiger partial charge in [0.1, 0.15) is 36.9 Å². The molecule has 0 heterocycles. The second-order valence-electron chi connectivity index (χ2n) is 11.6. The Kier molecular flexibility index (Phi) is 9.87. The van der Waals surface area contributed by atoms with E-state index in [4.69, 9.17) is 18.9 Å². The van der Waals surface area contributed by atoms with Crippen LogP contribution in [0.2, 0.25) is 0 Å². The standard InChI is InChI=1S/C33H44O6/c1-10-33(8,9)24-15-16-27-28(17-24)30(37-19-23(7)39-32(35)21(4)5)26-14-12-11-13-25(26)29(27)36-18-22(6)38-31(34)20(2)3/h11-17,20-23H,10,18-19H2,1-9H3. The molecule has 0 aliphatic carbocycles. The van der Waals surface area contributed by atoms with Crippen molar-refractivity contribution in [3.63, 3.8) is 0 Å². The molecule has 3 rings (SSSR count). The maximum Gasteiger partial charge on any atom is 0.308 e. The van der Waals surface area contributed by atoms with Crippen LogP contribution >= 0.6 is 0 Å². The van der Waals surface area contributed by atoms with Crippen molar-refractivity contribution in [3.05, 3.63) is 48.0 Å². The molecule has 0 bridgehead atoms. The minimum absolute atomic E-state index is 0.0300. The second kappa shape index (κ2) is 12.7. The summed E-state index contributed by atoms with van der Waals surface area (Å²) in [4.78, 5) is 24.2. The smallest absolute Gasteiger partial charge is 0.308 e. The van der Waals surface area contributed by atoms with E-state index in [2.05, 4.69) is 39.0 Å². The van der Waals surface area contributed by atoms with Gasteiger partial charge in [-0.15, -0.1) is 0 Å². The van der Waals surface area contributed by atoms with Crippen LogP contribution in [-0.4, -0.2) is 37.4 Å². The van der Waals surface area contributed by atoms with E-state index in [1.807, 2.05) is 65.8 Å². The highest BCUT2D eigenvalue weighted by Gasteiger charge is 2.24. The van der Waals surface area contributed by atoms with E-state index < -0.39 is 12.2 Å². The Balaban J connectivity index is 2.09. The minimum Gasteiger partial charge on any atom is -0.488 e. The molecule has 6 nitrogen and oxygen atoms in total. The highest BCUT2D eigenvalue weighted by atomic mass is 16.6. The van der Waals surface area contributed by atoms with Crippen LogP contribution in [0.1, 0.15) is 74.3 Å². The molecule has 3 aromatic rings. The van der Waals surface area contributed by atoms with Gasteiger partial charge < -0.3 is 18.9 Å². The summed E-state index contributed by atoms with van der Waals surface area (Å²) >= 11 is 0. The SMILES string of the molecule is CCC(C)(C)c1ccc2c(OCC(C)OC(=O)C(C)C)c3ccccc3c(OCC(C)OC(=O)C(C)C)c2c1. The third kappa shape index (κ3) is 7.23. The van der Waals surface area contributed by atoms with Gasteiger partial charge in [0.25, 0.3) is 0 Å². The average molecular weight is 537 g/mol. The topological polar surface area (TPSA) is 71.1 Å². The van der Waals surface area contributed by atoms with E-state index in [1.54, 1.807) is 0 Å². The van der Waals surface area contributed by atoms with Crippen LogP contribution in [0.5, 0.6) is 11.5 Å². The first kappa shape index (κ1) is 30.3. The van der Waals surface area contributed by atoms with Gasteiger partial charge in [-0.2, -0.15) is 0 Å². The fourth-order valence-electron chi connectivity index (χ4n) is 4.17. The van der Waals surface area contributed by atoms with Gasteiger partial charge in [-0.25, -0.2) is 0 Å². The molecule has 0 aliphatic heterocycles. The zero-order chi connectivity index (χ0) is 28.9. The first-order valence-electron chi connectivity index (χ1n) is 14.0. The van der Waals surface area contributed by atoms with Crippen molar-refractivity contribution < 1.29 is 28.5 Å². The summed E-state index contributed by atoms with van der Waals surface area (Å²) < 4.78 is 23.9. The van der Waals surface area contributed by atoms with Crippen LogP contribution in [-0.2, 0) is 24.5 Å². The molecule has 2 unspecified atom stereocenters. The molecule has 0 spiro atoms. The van der Waals surface area contributed by atoms with Gasteiger partial charge in [-0.05, 0) is 37.3 Å². The zero-order valence-corrected chi connectivity index (χ0v) is 24.9. The van der Waals surface area contributed by atoms with E-state index in [-0.39, 0.29) is 42.4 Å². The molecule has 3 aromatic carbocycles. The van der Waals surface area contributed by atoms with Gasteiger partial charge in [0.05, 0.1) is 11.8 Å². The van der Waals surface area contributed by atoms with E-state index in [0.29, 0.717) is 0 Å². The highest BCUT2D eigenvalue weighted by molar-refractivity contribution is 6.11. The van der Waals surface area contributed by atoms with Crippen molar-refractivity contribution in [2.45, 2.75) is 86.4 Å². The molecule has 2 atom stereocenters. The third-order valence-electron chi connectivity index (χ3n) is 7.09. The van der Waals surface area contributed by atoms with Gasteiger partial charge in [-0.3, -0.25) is 9.59 Å². The number of benzene rings is 3. The summed E-state index contributed by atoms with van der Waals surface area (Å²) in [6.07, 6.45) is 0.169. The number of esters is 2. The fourth-order valence-corrected chi connectivity index (χ4v) is 4.17. The Morgan fingerprint density at radius 1 is 0.692 bits per heavy atom. The fraction of sp³-hybridized carbons (Fsp3) is 0.515. The molecular weight excluding hydrogens is 492 g/mol. The van der Waals surface area contributed by atoms with Gasteiger partial charge >= 0.3 is 11.9 Å². The maximum absolute atomic E-state index is 12.1. The molecule has 0 saturated heterocycles. The molecular formula is C33H44O6. The number of carbonyl (C=O) groups is 2. The average Bonchev–Trinajstić information content (AvgIpc) is 2.89. The Morgan fingerprint density at radius 3 is 1.56 bits per heavy atom. The Hall–Kier alpha value is -3.28. The molecule has 212 valence electrons. The normalized spacial score (nSPS) is 13.5. The monoisotopic (exact) mass is 536 g/mol. The molecule has 39 heavy (non-hydrogen) atoms. The molecule has 6 heteroatoms. The third-order valence-corrected chi connectivity index (χ3v) is 7.09. The van der Waals surface area contributed by atoms with Crippen LogP contribution in [0.4, 0.5) is 0 Å². The molecule has 0 aliphatic rings. The van der Waals surface area contributed by atoms with E-state index in [9.17, 15) is 9.59 Å². The van der Waals surface area contributed by atoms with Gasteiger partial charge in [0, 0.05) is 21.5 Å². The van der Waals surface area contributed by atoms with Crippen LogP contribution in [0, 0.1) is 11.8 Å². The zero-order valence-electron chi connectivity index (χ0n) is 24.9. The van der Waals surface area contributed by atoms with Crippen molar-refractivity contribution in [1.29, 1.82) is 0 Å².